The lowest BCUT2D eigenvalue weighted by Crippen LogP contribution is -2.11. The Labute approximate surface area is 143 Å². The number of Topliss-reactive ketones (excluding diaryl/α,β-unsaturated/α-hetero) is 1. The predicted octanol–water partition coefficient (Wildman–Crippen LogP) is 4.20. The molecule has 0 amide bonds. The van der Waals surface area contributed by atoms with E-state index in [2.05, 4.69) is 29.0 Å². The summed E-state index contributed by atoms with van der Waals surface area (Å²) < 4.78 is 5.03. The number of nitrogens with zero attached hydrogens (tertiary/aromatic N) is 2. The van der Waals surface area contributed by atoms with E-state index in [1.807, 2.05) is 12.1 Å². The van der Waals surface area contributed by atoms with Crippen LogP contribution in [0, 0.1) is 5.92 Å². The molecule has 1 aromatic heterocycles. The van der Waals surface area contributed by atoms with Crippen molar-refractivity contribution in [1.82, 2.24) is 9.97 Å². The normalized spacial score (nSPS) is 20.6. The van der Waals surface area contributed by atoms with Gasteiger partial charge in [0, 0.05) is 5.56 Å². The standard InChI is InChI=1S/C20H24N2O2/c1-14-3-5-15(6-4-14)16-7-9-17(10-8-16)19(23)11-20-21-12-18(24-2)13-22-20/h7-10,12-15H,3-6,11H2,1-2H3. The van der Waals surface area contributed by atoms with Crippen LogP contribution in [-0.4, -0.2) is 22.9 Å². The summed E-state index contributed by atoms with van der Waals surface area (Å²) in [6.45, 7) is 2.33. The second kappa shape index (κ2) is 7.56. The van der Waals surface area contributed by atoms with E-state index < -0.39 is 0 Å². The maximum Gasteiger partial charge on any atom is 0.170 e. The van der Waals surface area contributed by atoms with Crippen LogP contribution in [0.25, 0.3) is 0 Å². The van der Waals surface area contributed by atoms with Gasteiger partial charge in [-0.2, -0.15) is 0 Å². The molecule has 1 fully saturated rings. The van der Waals surface area contributed by atoms with E-state index in [0.717, 1.165) is 11.5 Å². The number of carbonyl (C=O) groups is 1. The Morgan fingerprint density at radius 2 is 1.71 bits per heavy atom. The monoisotopic (exact) mass is 324 g/mol. The molecule has 4 nitrogen and oxygen atoms in total. The summed E-state index contributed by atoms with van der Waals surface area (Å²) >= 11 is 0. The fourth-order valence-corrected chi connectivity index (χ4v) is 3.32. The lowest BCUT2D eigenvalue weighted by molar-refractivity contribution is 0.0990. The third-order valence-corrected chi connectivity index (χ3v) is 4.96. The first-order valence-electron chi connectivity index (χ1n) is 8.63. The molecule has 0 bridgehead atoms. The number of benzene rings is 1. The predicted molar refractivity (Wildman–Crippen MR) is 93.4 cm³/mol. The van der Waals surface area contributed by atoms with Crippen LogP contribution in [0.4, 0.5) is 0 Å². The van der Waals surface area contributed by atoms with E-state index in [0.29, 0.717) is 17.5 Å². The first kappa shape index (κ1) is 16.6. The zero-order chi connectivity index (χ0) is 16.9. The minimum atomic E-state index is 0.0454. The maximum atomic E-state index is 12.4. The first-order valence-corrected chi connectivity index (χ1v) is 8.63. The molecule has 1 saturated carbocycles. The van der Waals surface area contributed by atoms with Crippen LogP contribution in [0.5, 0.6) is 5.75 Å². The van der Waals surface area contributed by atoms with E-state index in [9.17, 15) is 4.79 Å². The minimum Gasteiger partial charge on any atom is -0.494 e. The third-order valence-electron chi connectivity index (χ3n) is 4.96. The number of methoxy groups -OCH3 is 1. The molecule has 0 aliphatic heterocycles. The van der Waals surface area contributed by atoms with Gasteiger partial charge < -0.3 is 4.74 Å². The SMILES string of the molecule is COc1cnc(CC(=O)c2ccc(C3CCC(C)CC3)cc2)nc1. The van der Waals surface area contributed by atoms with Gasteiger partial charge in [0.15, 0.2) is 11.5 Å². The molecule has 0 radical (unpaired) electrons. The highest BCUT2D eigenvalue weighted by Gasteiger charge is 2.20. The molecule has 0 saturated heterocycles. The van der Waals surface area contributed by atoms with Crippen molar-refractivity contribution in [2.24, 2.45) is 5.92 Å². The van der Waals surface area contributed by atoms with Crippen molar-refractivity contribution >= 4 is 5.78 Å². The topological polar surface area (TPSA) is 52.1 Å². The number of ketones is 1. The summed E-state index contributed by atoms with van der Waals surface area (Å²) in [5.74, 6) is 2.66. The van der Waals surface area contributed by atoms with Gasteiger partial charge in [-0.15, -0.1) is 0 Å². The van der Waals surface area contributed by atoms with Crippen LogP contribution in [0.3, 0.4) is 0 Å². The summed E-state index contributed by atoms with van der Waals surface area (Å²) in [6.07, 6.45) is 8.51. The summed E-state index contributed by atoms with van der Waals surface area (Å²) in [6, 6.07) is 8.12. The van der Waals surface area contributed by atoms with Crippen LogP contribution < -0.4 is 4.74 Å². The zero-order valence-electron chi connectivity index (χ0n) is 14.4. The van der Waals surface area contributed by atoms with Crippen molar-refractivity contribution < 1.29 is 9.53 Å². The Bertz CT molecular complexity index is 672. The van der Waals surface area contributed by atoms with E-state index in [1.54, 1.807) is 19.5 Å². The molecule has 0 N–H and O–H groups in total. The summed E-state index contributed by atoms with van der Waals surface area (Å²) in [5, 5.41) is 0. The molecule has 1 aliphatic carbocycles. The van der Waals surface area contributed by atoms with Crippen molar-refractivity contribution in [1.29, 1.82) is 0 Å². The number of hydrogen-bond donors (Lipinski definition) is 0. The summed E-state index contributed by atoms with van der Waals surface area (Å²) in [5.41, 5.74) is 2.08. The van der Waals surface area contributed by atoms with Crippen LogP contribution in [0.15, 0.2) is 36.7 Å². The fraction of sp³-hybridized carbons (Fsp3) is 0.450. The fourth-order valence-electron chi connectivity index (χ4n) is 3.32. The second-order valence-corrected chi connectivity index (χ2v) is 6.72. The molecule has 2 aromatic rings. The van der Waals surface area contributed by atoms with Crippen molar-refractivity contribution in [3.8, 4) is 5.75 Å². The van der Waals surface area contributed by atoms with Gasteiger partial charge in [-0.3, -0.25) is 4.79 Å². The molecular weight excluding hydrogens is 300 g/mol. The van der Waals surface area contributed by atoms with E-state index in [4.69, 9.17) is 4.74 Å². The smallest absolute Gasteiger partial charge is 0.170 e. The second-order valence-electron chi connectivity index (χ2n) is 6.72. The molecular formula is C20H24N2O2. The van der Waals surface area contributed by atoms with Gasteiger partial charge in [0.05, 0.1) is 25.9 Å². The number of rotatable bonds is 5. The highest BCUT2D eigenvalue weighted by Crippen LogP contribution is 2.35. The molecule has 1 heterocycles. The van der Waals surface area contributed by atoms with Crippen molar-refractivity contribution in [2.75, 3.05) is 7.11 Å². The number of hydrogen-bond acceptors (Lipinski definition) is 4. The van der Waals surface area contributed by atoms with Gasteiger partial charge in [-0.25, -0.2) is 9.97 Å². The third kappa shape index (κ3) is 3.99. The Hall–Kier alpha value is -2.23. The summed E-state index contributed by atoms with van der Waals surface area (Å²) in [7, 11) is 1.57. The Morgan fingerprint density at radius 1 is 1.08 bits per heavy atom. The molecule has 0 spiro atoms. The van der Waals surface area contributed by atoms with E-state index in [1.165, 1.54) is 31.2 Å². The molecule has 126 valence electrons. The molecule has 24 heavy (non-hydrogen) atoms. The van der Waals surface area contributed by atoms with Gasteiger partial charge in [-0.1, -0.05) is 44.0 Å². The Kier molecular flexibility index (Phi) is 5.24. The lowest BCUT2D eigenvalue weighted by Gasteiger charge is -2.26. The van der Waals surface area contributed by atoms with Crippen molar-refractivity contribution in [2.45, 2.75) is 44.9 Å². The van der Waals surface area contributed by atoms with Crippen LogP contribution in [0.1, 0.15) is 60.3 Å². The lowest BCUT2D eigenvalue weighted by atomic mass is 9.79. The molecule has 4 heteroatoms. The number of carbonyl (C=O) groups excluding carboxylic acids is 1. The largest absolute Gasteiger partial charge is 0.494 e. The van der Waals surface area contributed by atoms with E-state index >= 15 is 0 Å². The van der Waals surface area contributed by atoms with Crippen LogP contribution in [0.2, 0.25) is 0 Å². The number of aromatic nitrogens is 2. The summed E-state index contributed by atoms with van der Waals surface area (Å²) in [4.78, 5) is 20.7. The Morgan fingerprint density at radius 3 is 2.29 bits per heavy atom. The highest BCUT2D eigenvalue weighted by molar-refractivity contribution is 5.97. The van der Waals surface area contributed by atoms with Gasteiger partial charge in [-0.05, 0) is 30.2 Å². The van der Waals surface area contributed by atoms with Gasteiger partial charge in [0.25, 0.3) is 0 Å². The highest BCUT2D eigenvalue weighted by atomic mass is 16.5. The Balaban J connectivity index is 1.62. The molecule has 3 rings (SSSR count). The van der Waals surface area contributed by atoms with Crippen LogP contribution in [-0.2, 0) is 6.42 Å². The minimum absolute atomic E-state index is 0.0454. The molecule has 1 aromatic carbocycles. The zero-order valence-corrected chi connectivity index (χ0v) is 14.4. The average Bonchev–Trinajstić information content (AvgIpc) is 2.63. The molecule has 0 unspecified atom stereocenters. The average molecular weight is 324 g/mol. The quantitative estimate of drug-likeness (QED) is 0.773. The van der Waals surface area contributed by atoms with Gasteiger partial charge in [0.2, 0.25) is 0 Å². The maximum absolute atomic E-state index is 12.4. The van der Waals surface area contributed by atoms with E-state index in [-0.39, 0.29) is 12.2 Å². The van der Waals surface area contributed by atoms with Crippen LogP contribution >= 0.6 is 0 Å². The van der Waals surface area contributed by atoms with Gasteiger partial charge >= 0.3 is 0 Å². The first-order chi connectivity index (χ1) is 11.7. The molecule has 1 aliphatic rings. The van der Waals surface area contributed by atoms with Crippen molar-refractivity contribution in [3.63, 3.8) is 0 Å². The number of ether oxygens (including phenoxy) is 1. The van der Waals surface area contributed by atoms with Gasteiger partial charge in [0.1, 0.15) is 5.82 Å². The van der Waals surface area contributed by atoms with Crippen molar-refractivity contribution in [3.05, 3.63) is 53.6 Å². The molecule has 0 atom stereocenters.